The van der Waals surface area contributed by atoms with E-state index >= 15 is 0 Å². The van der Waals surface area contributed by atoms with Gasteiger partial charge in [-0.05, 0) is 22.0 Å². The topological polar surface area (TPSA) is 33.2 Å². The van der Waals surface area contributed by atoms with Gasteiger partial charge in [0.1, 0.15) is 5.15 Å². The molecule has 1 amide bonds. The molecular formula is C10H8BrClN2O. The lowest BCUT2D eigenvalue weighted by molar-refractivity contribution is 0.0799. The third-order valence-corrected chi connectivity index (χ3v) is 3.00. The van der Waals surface area contributed by atoms with Crippen molar-refractivity contribution in [3.63, 3.8) is 0 Å². The fraction of sp³-hybridized carbons (Fsp3) is 0.200. The third kappa shape index (κ3) is 2.21. The lowest BCUT2D eigenvalue weighted by Gasteiger charge is -2.16. The van der Waals surface area contributed by atoms with Crippen molar-refractivity contribution in [1.29, 1.82) is 0 Å². The highest BCUT2D eigenvalue weighted by Crippen LogP contribution is 2.21. The summed E-state index contributed by atoms with van der Waals surface area (Å²) in [5, 5.41) is 0.328. The van der Waals surface area contributed by atoms with Crippen molar-refractivity contribution in [3.05, 3.63) is 39.6 Å². The number of carbonyl (C=O) groups excluding carboxylic acids is 1. The SMILES string of the molecule is O=C(c1cc(Cl)ncc1Br)N1CC=CC1. The number of hydrogen-bond donors (Lipinski definition) is 0. The van der Waals surface area contributed by atoms with E-state index in [0.717, 1.165) is 0 Å². The number of pyridine rings is 1. The maximum absolute atomic E-state index is 12.0. The molecule has 0 atom stereocenters. The van der Waals surface area contributed by atoms with Gasteiger partial charge < -0.3 is 4.90 Å². The zero-order valence-corrected chi connectivity index (χ0v) is 10.1. The van der Waals surface area contributed by atoms with Gasteiger partial charge in [0.25, 0.3) is 5.91 Å². The molecule has 0 bridgehead atoms. The van der Waals surface area contributed by atoms with Crippen LogP contribution in [0.25, 0.3) is 0 Å². The van der Waals surface area contributed by atoms with Crippen LogP contribution in [0.4, 0.5) is 0 Å². The molecule has 1 aliphatic rings. The number of halogens is 2. The number of rotatable bonds is 1. The van der Waals surface area contributed by atoms with E-state index in [1.54, 1.807) is 17.2 Å². The van der Waals surface area contributed by atoms with E-state index in [2.05, 4.69) is 20.9 Å². The van der Waals surface area contributed by atoms with E-state index in [1.807, 2.05) is 12.2 Å². The molecule has 0 saturated heterocycles. The highest BCUT2D eigenvalue weighted by molar-refractivity contribution is 9.10. The first-order chi connectivity index (χ1) is 7.18. The second-order valence-corrected chi connectivity index (χ2v) is 4.41. The molecule has 0 N–H and O–H groups in total. The Labute approximate surface area is 101 Å². The van der Waals surface area contributed by atoms with Gasteiger partial charge in [-0.2, -0.15) is 0 Å². The lowest BCUT2D eigenvalue weighted by Crippen LogP contribution is -2.28. The van der Waals surface area contributed by atoms with Crippen molar-refractivity contribution in [2.24, 2.45) is 0 Å². The highest BCUT2D eigenvalue weighted by Gasteiger charge is 2.19. The maximum atomic E-state index is 12.0. The van der Waals surface area contributed by atoms with Crippen molar-refractivity contribution in [2.45, 2.75) is 0 Å². The van der Waals surface area contributed by atoms with Crippen LogP contribution in [0.3, 0.4) is 0 Å². The van der Waals surface area contributed by atoms with E-state index in [4.69, 9.17) is 11.6 Å². The normalized spacial score (nSPS) is 14.7. The van der Waals surface area contributed by atoms with Gasteiger partial charge in [0.2, 0.25) is 0 Å². The molecule has 0 aliphatic carbocycles. The zero-order chi connectivity index (χ0) is 10.8. The van der Waals surface area contributed by atoms with Crippen LogP contribution in [0.15, 0.2) is 28.9 Å². The van der Waals surface area contributed by atoms with E-state index in [-0.39, 0.29) is 5.91 Å². The number of aromatic nitrogens is 1. The third-order valence-electron chi connectivity index (χ3n) is 2.16. The molecule has 5 heteroatoms. The minimum atomic E-state index is -0.0313. The van der Waals surface area contributed by atoms with Crippen LogP contribution in [0.1, 0.15) is 10.4 Å². The Balaban J connectivity index is 2.28. The Morgan fingerprint density at radius 1 is 1.47 bits per heavy atom. The Morgan fingerprint density at radius 3 is 2.80 bits per heavy atom. The van der Waals surface area contributed by atoms with Crippen molar-refractivity contribution in [2.75, 3.05) is 13.1 Å². The van der Waals surface area contributed by atoms with Crippen molar-refractivity contribution >= 4 is 33.4 Å². The van der Waals surface area contributed by atoms with Gasteiger partial charge in [-0.3, -0.25) is 4.79 Å². The molecule has 1 aromatic heterocycles. The van der Waals surface area contributed by atoms with Crippen molar-refractivity contribution in [3.8, 4) is 0 Å². The van der Waals surface area contributed by atoms with Crippen LogP contribution in [0.5, 0.6) is 0 Å². The van der Waals surface area contributed by atoms with Gasteiger partial charge in [0, 0.05) is 23.8 Å². The predicted molar refractivity (Wildman–Crippen MR) is 62.0 cm³/mol. The summed E-state index contributed by atoms with van der Waals surface area (Å²) in [5.41, 5.74) is 0.554. The van der Waals surface area contributed by atoms with Crippen LogP contribution in [-0.2, 0) is 0 Å². The Kier molecular flexibility index (Phi) is 3.07. The van der Waals surface area contributed by atoms with Crippen LogP contribution in [0.2, 0.25) is 5.15 Å². The number of hydrogen-bond acceptors (Lipinski definition) is 2. The summed E-state index contributed by atoms with van der Waals surface area (Å²) in [6.07, 6.45) is 5.47. The molecular weight excluding hydrogens is 279 g/mol. The average Bonchev–Trinajstić information content (AvgIpc) is 2.74. The predicted octanol–water partition coefficient (Wildman–Crippen LogP) is 2.51. The van der Waals surface area contributed by atoms with E-state index in [9.17, 15) is 4.79 Å². The minimum Gasteiger partial charge on any atom is -0.331 e. The Morgan fingerprint density at radius 2 is 2.13 bits per heavy atom. The number of amides is 1. The molecule has 0 unspecified atom stereocenters. The van der Waals surface area contributed by atoms with Crippen LogP contribution in [-0.4, -0.2) is 28.9 Å². The standard InChI is InChI=1S/C10H8BrClN2O/c11-8-6-13-9(12)5-7(8)10(15)14-3-1-2-4-14/h1-2,5-6H,3-4H2. The van der Waals surface area contributed by atoms with Crippen LogP contribution < -0.4 is 0 Å². The first-order valence-electron chi connectivity index (χ1n) is 4.44. The van der Waals surface area contributed by atoms with Gasteiger partial charge in [0.15, 0.2) is 0 Å². The van der Waals surface area contributed by atoms with Crippen LogP contribution >= 0.6 is 27.5 Å². The fourth-order valence-corrected chi connectivity index (χ4v) is 1.94. The monoisotopic (exact) mass is 286 g/mol. The summed E-state index contributed by atoms with van der Waals surface area (Å²) in [5.74, 6) is -0.0313. The van der Waals surface area contributed by atoms with Gasteiger partial charge in [-0.25, -0.2) is 4.98 Å². The first kappa shape index (κ1) is 10.6. The number of nitrogens with zero attached hydrogens (tertiary/aromatic N) is 2. The molecule has 3 nitrogen and oxygen atoms in total. The summed E-state index contributed by atoms with van der Waals surface area (Å²) >= 11 is 9.04. The average molecular weight is 288 g/mol. The second-order valence-electron chi connectivity index (χ2n) is 3.17. The smallest absolute Gasteiger partial charge is 0.255 e. The molecule has 78 valence electrons. The van der Waals surface area contributed by atoms with Crippen molar-refractivity contribution in [1.82, 2.24) is 9.88 Å². The molecule has 0 radical (unpaired) electrons. The molecule has 0 aromatic carbocycles. The highest BCUT2D eigenvalue weighted by atomic mass is 79.9. The largest absolute Gasteiger partial charge is 0.331 e. The Bertz CT molecular complexity index is 425. The molecule has 1 aliphatic heterocycles. The summed E-state index contributed by atoms with van der Waals surface area (Å²) in [7, 11) is 0. The summed E-state index contributed by atoms with van der Waals surface area (Å²) in [6, 6.07) is 1.58. The van der Waals surface area contributed by atoms with E-state index in [1.165, 1.54) is 0 Å². The van der Waals surface area contributed by atoms with Crippen LogP contribution in [0, 0.1) is 0 Å². The molecule has 1 aromatic rings. The molecule has 0 fully saturated rings. The maximum Gasteiger partial charge on any atom is 0.255 e. The summed E-state index contributed by atoms with van der Waals surface area (Å²) in [4.78, 5) is 17.6. The quantitative estimate of drug-likeness (QED) is 0.587. The lowest BCUT2D eigenvalue weighted by atomic mass is 10.2. The van der Waals surface area contributed by atoms with Gasteiger partial charge in [-0.15, -0.1) is 0 Å². The molecule has 15 heavy (non-hydrogen) atoms. The molecule has 0 spiro atoms. The summed E-state index contributed by atoms with van der Waals surface area (Å²) in [6.45, 7) is 1.32. The molecule has 2 heterocycles. The Hall–Kier alpha value is -0.870. The number of carbonyl (C=O) groups is 1. The van der Waals surface area contributed by atoms with Gasteiger partial charge >= 0.3 is 0 Å². The van der Waals surface area contributed by atoms with E-state index < -0.39 is 0 Å². The zero-order valence-electron chi connectivity index (χ0n) is 7.78. The van der Waals surface area contributed by atoms with Gasteiger partial charge in [0.05, 0.1) is 5.56 Å². The van der Waals surface area contributed by atoms with Gasteiger partial charge in [-0.1, -0.05) is 23.8 Å². The first-order valence-corrected chi connectivity index (χ1v) is 5.61. The van der Waals surface area contributed by atoms with E-state index in [0.29, 0.717) is 28.3 Å². The summed E-state index contributed by atoms with van der Waals surface area (Å²) < 4.78 is 0.670. The second kappa shape index (κ2) is 4.33. The molecule has 0 saturated carbocycles. The fourth-order valence-electron chi connectivity index (χ4n) is 1.39. The van der Waals surface area contributed by atoms with Crippen molar-refractivity contribution < 1.29 is 4.79 Å². The molecule has 2 rings (SSSR count). The minimum absolute atomic E-state index is 0.0313.